The van der Waals surface area contributed by atoms with Crippen LogP contribution in [0.2, 0.25) is 0 Å². The second kappa shape index (κ2) is 9.57. The van der Waals surface area contributed by atoms with Crippen molar-refractivity contribution in [1.82, 2.24) is 15.6 Å². The Labute approximate surface area is 146 Å². The highest BCUT2D eigenvalue weighted by atomic mass is 32.1. The van der Waals surface area contributed by atoms with Crippen molar-refractivity contribution >= 4 is 24.6 Å². The second-order valence-corrected chi connectivity index (χ2v) is 5.39. The number of amides is 2. The average Bonchev–Trinajstić information content (AvgIpc) is 2.64. The lowest BCUT2D eigenvalue weighted by Gasteiger charge is -2.16. The lowest BCUT2D eigenvalue weighted by Crippen LogP contribution is -2.47. The number of ether oxygens (including phenoxy) is 1. The third-order valence-electron chi connectivity index (χ3n) is 3.19. The maximum atomic E-state index is 12.1. The Morgan fingerprint density at radius 3 is 2.54 bits per heavy atom. The Kier molecular flexibility index (Phi) is 7.10. The molecule has 1 aromatic carbocycles. The van der Waals surface area contributed by atoms with Crippen molar-refractivity contribution in [2.75, 3.05) is 5.75 Å². The van der Waals surface area contributed by atoms with Crippen LogP contribution in [0.3, 0.4) is 0 Å². The van der Waals surface area contributed by atoms with Crippen molar-refractivity contribution in [1.29, 1.82) is 0 Å². The van der Waals surface area contributed by atoms with E-state index in [2.05, 4.69) is 28.2 Å². The van der Waals surface area contributed by atoms with E-state index in [1.165, 1.54) is 0 Å². The van der Waals surface area contributed by atoms with Gasteiger partial charge in [0.15, 0.2) is 0 Å². The molecule has 0 fully saturated rings. The molecule has 0 aliphatic carbocycles. The van der Waals surface area contributed by atoms with Crippen molar-refractivity contribution in [2.24, 2.45) is 0 Å². The first-order valence-electron chi connectivity index (χ1n) is 7.43. The summed E-state index contributed by atoms with van der Waals surface area (Å²) in [5.74, 6) is -0.162. The van der Waals surface area contributed by atoms with Crippen LogP contribution in [0.15, 0.2) is 54.9 Å². The molecule has 7 heteroatoms. The number of aromatic nitrogens is 1. The highest BCUT2D eigenvalue weighted by Crippen LogP contribution is 2.01. The normalized spacial score (nSPS) is 11.4. The van der Waals surface area contributed by atoms with Gasteiger partial charge in [0, 0.05) is 24.7 Å². The zero-order chi connectivity index (χ0) is 17.2. The molecular weight excluding hydrogens is 326 g/mol. The predicted molar refractivity (Wildman–Crippen MR) is 93.5 cm³/mol. The Bertz CT molecular complexity index is 653. The van der Waals surface area contributed by atoms with E-state index in [1.807, 2.05) is 36.4 Å². The molecule has 0 unspecified atom stereocenters. The van der Waals surface area contributed by atoms with Crippen molar-refractivity contribution in [3.63, 3.8) is 0 Å². The molecule has 0 spiro atoms. The van der Waals surface area contributed by atoms with E-state index in [-0.39, 0.29) is 18.3 Å². The molecule has 126 valence electrons. The van der Waals surface area contributed by atoms with Crippen LogP contribution >= 0.6 is 12.6 Å². The third kappa shape index (κ3) is 5.92. The van der Waals surface area contributed by atoms with E-state index in [0.29, 0.717) is 6.54 Å². The fourth-order valence-electron chi connectivity index (χ4n) is 1.92. The summed E-state index contributed by atoms with van der Waals surface area (Å²) in [5.41, 5.74) is 1.74. The first kappa shape index (κ1) is 17.8. The summed E-state index contributed by atoms with van der Waals surface area (Å²) in [7, 11) is 0. The second-order valence-electron chi connectivity index (χ2n) is 5.02. The van der Waals surface area contributed by atoms with Gasteiger partial charge in [0.1, 0.15) is 12.6 Å². The SMILES string of the molecule is O=C(N[C@@H](CS)C(=O)NCc1cccnc1)OCc1ccccc1. The summed E-state index contributed by atoms with van der Waals surface area (Å²) in [4.78, 5) is 27.9. The molecule has 1 atom stereocenters. The number of carbonyl (C=O) groups excluding carboxylic acids is 2. The molecule has 0 aliphatic rings. The highest BCUT2D eigenvalue weighted by molar-refractivity contribution is 7.80. The molecular formula is C17H19N3O3S. The van der Waals surface area contributed by atoms with E-state index >= 15 is 0 Å². The van der Waals surface area contributed by atoms with Gasteiger partial charge in [-0.05, 0) is 17.2 Å². The highest BCUT2D eigenvalue weighted by Gasteiger charge is 2.19. The number of nitrogens with one attached hydrogen (secondary N) is 2. The van der Waals surface area contributed by atoms with Gasteiger partial charge in [-0.3, -0.25) is 9.78 Å². The van der Waals surface area contributed by atoms with Gasteiger partial charge in [0.25, 0.3) is 0 Å². The lowest BCUT2D eigenvalue weighted by atomic mass is 10.2. The van der Waals surface area contributed by atoms with Crippen molar-refractivity contribution in [3.8, 4) is 0 Å². The number of benzene rings is 1. The van der Waals surface area contributed by atoms with Crippen molar-refractivity contribution < 1.29 is 14.3 Å². The third-order valence-corrected chi connectivity index (χ3v) is 3.56. The predicted octanol–water partition coefficient (Wildman–Crippen LogP) is 1.92. The molecule has 0 radical (unpaired) electrons. The molecule has 2 aromatic rings. The van der Waals surface area contributed by atoms with Crippen LogP contribution in [0, 0.1) is 0 Å². The van der Waals surface area contributed by atoms with Crippen molar-refractivity contribution in [2.45, 2.75) is 19.2 Å². The smallest absolute Gasteiger partial charge is 0.408 e. The molecule has 24 heavy (non-hydrogen) atoms. The first-order chi connectivity index (χ1) is 11.7. The Balaban J connectivity index is 1.77. The summed E-state index contributed by atoms with van der Waals surface area (Å²) < 4.78 is 5.10. The van der Waals surface area contributed by atoms with E-state index < -0.39 is 12.1 Å². The molecule has 2 amide bonds. The number of pyridine rings is 1. The number of carbonyl (C=O) groups is 2. The molecule has 0 bridgehead atoms. The zero-order valence-electron chi connectivity index (χ0n) is 13.0. The van der Waals surface area contributed by atoms with Crippen LogP contribution in [0.1, 0.15) is 11.1 Å². The van der Waals surface area contributed by atoms with Gasteiger partial charge in [-0.25, -0.2) is 4.79 Å². The fraction of sp³-hybridized carbons (Fsp3) is 0.235. The standard InChI is InChI=1S/C17H19N3O3S/c21-16(19-10-14-7-4-8-18-9-14)15(12-24)20-17(22)23-11-13-5-2-1-3-6-13/h1-9,15,24H,10-12H2,(H,19,21)(H,20,22)/t15-/m0/s1. The molecule has 2 rings (SSSR count). The van der Waals surface area contributed by atoms with Crippen LogP contribution in [-0.4, -0.2) is 28.8 Å². The fourth-order valence-corrected chi connectivity index (χ4v) is 2.17. The minimum atomic E-state index is -0.770. The van der Waals surface area contributed by atoms with E-state index in [0.717, 1.165) is 11.1 Å². The summed E-state index contributed by atoms with van der Waals surface area (Å²) >= 11 is 4.10. The molecule has 0 saturated heterocycles. The maximum absolute atomic E-state index is 12.1. The molecule has 1 heterocycles. The van der Waals surface area contributed by atoms with Crippen molar-refractivity contribution in [3.05, 3.63) is 66.0 Å². The summed E-state index contributed by atoms with van der Waals surface area (Å²) in [6, 6.07) is 12.2. The number of hydrogen-bond acceptors (Lipinski definition) is 5. The molecule has 1 aromatic heterocycles. The molecule has 0 saturated carbocycles. The van der Waals surface area contributed by atoms with Crippen LogP contribution in [0.25, 0.3) is 0 Å². The van der Waals surface area contributed by atoms with Gasteiger partial charge in [-0.15, -0.1) is 0 Å². The van der Waals surface area contributed by atoms with Gasteiger partial charge in [0.2, 0.25) is 5.91 Å². The number of rotatable bonds is 7. The lowest BCUT2D eigenvalue weighted by molar-refractivity contribution is -0.122. The number of hydrogen-bond donors (Lipinski definition) is 3. The minimum absolute atomic E-state index is 0.142. The Morgan fingerprint density at radius 1 is 1.12 bits per heavy atom. The molecule has 2 N–H and O–H groups in total. The van der Waals surface area contributed by atoms with Gasteiger partial charge >= 0.3 is 6.09 Å². The molecule has 6 nitrogen and oxygen atoms in total. The summed E-state index contributed by atoms with van der Waals surface area (Å²) in [5, 5.41) is 5.24. The Hall–Kier alpha value is -2.54. The zero-order valence-corrected chi connectivity index (χ0v) is 13.9. The van der Waals surface area contributed by atoms with Gasteiger partial charge in [-0.2, -0.15) is 12.6 Å². The van der Waals surface area contributed by atoms with E-state index in [4.69, 9.17) is 4.74 Å². The minimum Gasteiger partial charge on any atom is -0.445 e. The first-order valence-corrected chi connectivity index (χ1v) is 8.07. The number of thiol groups is 1. The summed E-state index contributed by atoms with van der Waals surface area (Å²) in [6.45, 7) is 0.473. The van der Waals surface area contributed by atoms with Crippen LogP contribution < -0.4 is 10.6 Å². The van der Waals surface area contributed by atoms with Crippen LogP contribution in [0.5, 0.6) is 0 Å². The summed E-state index contributed by atoms with van der Waals surface area (Å²) in [6.07, 6.45) is 2.67. The van der Waals surface area contributed by atoms with Crippen LogP contribution in [0.4, 0.5) is 4.79 Å². The average molecular weight is 345 g/mol. The largest absolute Gasteiger partial charge is 0.445 e. The van der Waals surface area contributed by atoms with Gasteiger partial charge in [-0.1, -0.05) is 36.4 Å². The molecule has 0 aliphatic heterocycles. The topological polar surface area (TPSA) is 80.3 Å². The van der Waals surface area contributed by atoms with E-state index in [9.17, 15) is 9.59 Å². The number of alkyl carbamates (subject to hydrolysis) is 1. The maximum Gasteiger partial charge on any atom is 0.408 e. The van der Waals surface area contributed by atoms with Crippen LogP contribution in [-0.2, 0) is 22.7 Å². The van der Waals surface area contributed by atoms with Gasteiger partial charge < -0.3 is 15.4 Å². The quantitative estimate of drug-likeness (QED) is 0.670. The Morgan fingerprint density at radius 2 is 1.88 bits per heavy atom. The van der Waals surface area contributed by atoms with E-state index in [1.54, 1.807) is 18.5 Å². The monoisotopic (exact) mass is 345 g/mol. The number of nitrogens with zero attached hydrogens (tertiary/aromatic N) is 1. The van der Waals surface area contributed by atoms with Gasteiger partial charge in [0.05, 0.1) is 0 Å².